The zero-order valence-corrected chi connectivity index (χ0v) is 20.1. The normalized spacial score (nSPS) is 16.4. The van der Waals surface area contributed by atoms with Gasteiger partial charge in [0, 0.05) is 50.0 Å². The molecule has 184 valence electrons. The van der Waals surface area contributed by atoms with Crippen LogP contribution in [0.3, 0.4) is 0 Å². The Kier molecular flexibility index (Phi) is 8.60. The third kappa shape index (κ3) is 6.05. The molecule has 1 aliphatic heterocycles. The van der Waals surface area contributed by atoms with Gasteiger partial charge in [0.15, 0.2) is 5.54 Å². The van der Waals surface area contributed by atoms with E-state index in [2.05, 4.69) is 22.5 Å². The predicted molar refractivity (Wildman–Crippen MR) is 129 cm³/mol. The highest BCUT2D eigenvalue weighted by Gasteiger charge is 2.47. The molecule has 1 heterocycles. The highest BCUT2D eigenvalue weighted by Crippen LogP contribution is 2.18. The second-order valence-electron chi connectivity index (χ2n) is 8.42. The van der Waals surface area contributed by atoms with E-state index in [0.29, 0.717) is 11.6 Å². The Morgan fingerprint density at radius 3 is 2.17 bits per heavy atom. The summed E-state index contributed by atoms with van der Waals surface area (Å²) in [4.78, 5) is 38.4. The lowest BCUT2D eigenvalue weighted by atomic mass is 9.96. The van der Waals surface area contributed by atoms with Crippen molar-refractivity contribution in [1.82, 2.24) is 21.0 Å². The quantitative estimate of drug-likeness (QED) is 0.204. The maximum Gasteiger partial charge on any atom is 0.278 e. The second kappa shape index (κ2) is 11.6. The van der Waals surface area contributed by atoms with Crippen molar-refractivity contribution in [3.05, 3.63) is 70.8 Å². The van der Waals surface area contributed by atoms with Crippen LogP contribution >= 0.6 is 0 Å². The van der Waals surface area contributed by atoms with Crippen LogP contribution in [-0.2, 0) is 20.9 Å². The average Bonchev–Trinajstić information content (AvgIpc) is 3.43. The van der Waals surface area contributed by atoms with Crippen LogP contribution in [0.25, 0.3) is 0 Å². The lowest BCUT2D eigenvalue weighted by Crippen LogP contribution is -2.64. The summed E-state index contributed by atoms with van der Waals surface area (Å²) in [7, 11) is 2.66. The number of nitrogens with zero attached hydrogens (tertiary/aromatic N) is 1. The van der Waals surface area contributed by atoms with Crippen molar-refractivity contribution < 1.29 is 24.3 Å². The minimum atomic E-state index is -1.94. The molecule has 2 atom stereocenters. The summed E-state index contributed by atoms with van der Waals surface area (Å²) < 4.78 is 5.37. The number of rotatable bonds is 7. The van der Waals surface area contributed by atoms with Crippen LogP contribution in [0.15, 0.2) is 48.5 Å². The summed E-state index contributed by atoms with van der Waals surface area (Å²) in [5.74, 6) is 3.85. The van der Waals surface area contributed by atoms with Gasteiger partial charge in [0.1, 0.15) is 0 Å². The molecule has 0 aromatic heterocycles. The fourth-order valence-corrected chi connectivity index (χ4v) is 3.66. The number of hydrogen-bond acceptors (Lipinski definition) is 6. The number of hydroxylamine groups is 1. The maximum absolute atomic E-state index is 12.9. The fourth-order valence-electron chi connectivity index (χ4n) is 3.66. The third-order valence-electron chi connectivity index (χ3n) is 6.15. The van der Waals surface area contributed by atoms with Gasteiger partial charge in [-0.3, -0.25) is 19.6 Å². The topological polar surface area (TPSA) is 120 Å². The first-order valence-corrected chi connectivity index (χ1v) is 11.3. The first-order chi connectivity index (χ1) is 16.8. The Morgan fingerprint density at radius 2 is 1.66 bits per heavy atom. The van der Waals surface area contributed by atoms with Crippen molar-refractivity contribution in [3.63, 3.8) is 0 Å². The van der Waals surface area contributed by atoms with Crippen LogP contribution in [0.1, 0.15) is 40.4 Å². The lowest BCUT2D eigenvalue weighted by Gasteiger charge is -2.34. The van der Waals surface area contributed by atoms with Crippen molar-refractivity contribution in [3.8, 4) is 11.8 Å². The summed E-state index contributed by atoms with van der Waals surface area (Å²) in [6.45, 7) is 3.61. The number of hydrogen-bond donors (Lipinski definition) is 4. The van der Waals surface area contributed by atoms with Gasteiger partial charge in [0.05, 0.1) is 6.61 Å². The smallest absolute Gasteiger partial charge is 0.278 e. The molecule has 0 radical (unpaired) electrons. The number of carbonyl (C=O) groups is 3. The molecule has 1 saturated heterocycles. The standard InChI is InChI=1S/C26H30N4O5/c1-26(24(32)27-2,25(33)29-34)30(3)23(31)21-12-10-19(11-13-21)5-4-18-6-8-20(9-7-18)16-28-22-14-15-35-17-22/h6-13,22,28,34H,14-17H2,1-3H3,(H,27,32)(H,29,33)/t22?,26-/m0/s1. The minimum absolute atomic E-state index is 0.267. The molecule has 1 fully saturated rings. The highest BCUT2D eigenvalue weighted by atomic mass is 16.5. The van der Waals surface area contributed by atoms with Crippen molar-refractivity contribution in [2.45, 2.75) is 31.5 Å². The number of carbonyl (C=O) groups excluding carboxylic acids is 3. The Hall–Kier alpha value is -3.71. The van der Waals surface area contributed by atoms with Crippen LogP contribution in [0.5, 0.6) is 0 Å². The zero-order valence-electron chi connectivity index (χ0n) is 20.1. The van der Waals surface area contributed by atoms with E-state index < -0.39 is 23.3 Å². The molecular weight excluding hydrogens is 448 g/mol. The number of ether oxygens (including phenoxy) is 1. The van der Waals surface area contributed by atoms with Gasteiger partial charge in [0.2, 0.25) is 0 Å². The summed E-state index contributed by atoms with van der Waals surface area (Å²) in [6.07, 6.45) is 1.04. The molecule has 2 aromatic carbocycles. The molecule has 2 aromatic rings. The van der Waals surface area contributed by atoms with Gasteiger partial charge in [-0.2, -0.15) is 0 Å². The number of nitrogens with one attached hydrogen (secondary N) is 3. The van der Waals surface area contributed by atoms with E-state index in [1.807, 2.05) is 24.3 Å². The molecule has 4 N–H and O–H groups in total. The van der Waals surface area contributed by atoms with Crippen molar-refractivity contribution in [2.75, 3.05) is 27.3 Å². The molecule has 1 unspecified atom stereocenters. The fraction of sp³-hybridized carbons (Fsp3) is 0.346. The highest BCUT2D eigenvalue weighted by molar-refractivity contribution is 6.12. The molecule has 0 aliphatic carbocycles. The Balaban J connectivity index is 1.65. The zero-order chi connectivity index (χ0) is 25.4. The van der Waals surface area contributed by atoms with E-state index in [9.17, 15) is 14.4 Å². The van der Waals surface area contributed by atoms with E-state index in [4.69, 9.17) is 9.94 Å². The third-order valence-corrected chi connectivity index (χ3v) is 6.15. The molecule has 9 heteroatoms. The molecule has 0 bridgehead atoms. The van der Waals surface area contributed by atoms with E-state index in [0.717, 1.165) is 36.6 Å². The van der Waals surface area contributed by atoms with Gasteiger partial charge >= 0.3 is 0 Å². The van der Waals surface area contributed by atoms with E-state index >= 15 is 0 Å². The van der Waals surface area contributed by atoms with Gasteiger partial charge in [-0.1, -0.05) is 24.0 Å². The van der Waals surface area contributed by atoms with E-state index in [-0.39, 0.29) is 5.56 Å². The van der Waals surface area contributed by atoms with Crippen LogP contribution in [0, 0.1) is 11.8 Å². The number of amides is 3. The largest absolute Gasteiger partial charge is 0.380 e. The SMILES string of the molecule is CNC(=O)[C@@](C)(C(=O)NO)N(C)C(=O)c1ccc(C#Cc2ccc(CNC3CCOC3)cc2)cc1. The Labute approximate surface area is 204 Å². The van der Waals surface area contributed by atoms with Gasteiger partial charge in [-0.15, -0.1) is 0 Å². The van der Waals surface area contributed by atoms with Crippen LogP contribution in [0.2, 0.25) is 0 Å². The molecule has 9 nitrogen and oxygen atoms in total. The number of benzene rings is 2. The summed E-state index contributed by atoms with van der Waals surface area (Å²) in [5.41, 5.74) is 2.53. The molecule has 35 heavy (non-hydrogen) atoms. The Morgan fingerprint density at radius 1 is 1.06 bits per heavy atom. The predicted octanol–water partition coefficient (Wildman–Crippen LogP) is 1.05. The average molecular weight is 479 g/mol. The second-order valence-corrected chi connectivity index (χ2v) is 8.42. The van der Waals surface area contributed by atoms with Crippen molar-refractivity contribution >= 4 is 17.7 Å². The first-order valence-electron chi connectivity index (χ1n) is 11.3. The van der Waals surface area contributed by atoms with Gasteiger partial charge in [-0.05, 0) is 55.3 Å². The molecule has 3 amide bonds. The van der Waals surface area contributed by atoms with E-state index in [1.165, 1.54) is 32.1 Å². The van der Waals surface area contributed by atoms with Gasteiger partial charge < -0.3 is 20.3 Å². The summed E-state index contributed by atoms with van der Waals surface area (Å²) in [6, 6.07) is 15.0. The summed E-state index contributed by atoms with van der Waals surface area (Å²) >= 11 is 0. The van der Waals surface area contributed by atoms with Crippen LogP contribution in [-0.4, -0.2) is 66.7 Å². The maximum atomic E-state index is 12.9. The van der Waals surface area contributed by atoms with Crippen LogP contribution < -0.4 is 16.1 Å². The van der Waals surface area contributed by atoms with Crippen LogP contribution in [0.4, 0.5) is 0 Å². The first kappa shape index (κ1) is 25.9. The minimum Gasteiger partial charge on any atom is -0.380 e. The monoisotopic (exact) mass is 478 g/mol. The Bertz CT molecular complexity index is 1100. The molecule has 3 rings (SSSR count). The van der Waals surface area contributed by atoms with Gasteiger partial charge in [0.25, 0.3) is 17.7 Å². The summed E-state index contributed by atoms with van der Waals surface area (Å²) in [5, 5.41) is 14.9. The number of likely N-dealkylation sites (N-methyl/N-ethyl adjacent to an activating group) is 2. The molecule has 1 aliphatic rings. The molecule has 0 spiro atoms. The molecular formula is C26H30N4O5. The van der Waals surface area contributed by atoms with Crippen molar-refractivity contribution in [1.29, 1.82) is 0 Å². The molecule has 0 saturated carbocycles. The lowest BCUT2D eigenvalue weighted by molar-refractivity contribution is -0.148. The van der Waals surface area contributed by atoms with Crippen molar-refractivity contribution in [2.24, 2.45) is 0 Å². The van der Waals surface area contributed by atoms with Gasteiger partial charge in [-0.25, -0.2) is 5.48 Å². The van der Waals surface area contributed by atoms with E-state index in [1.54, 1.807) is 24.3 Å².